The normalized spacial score (nSPS) is 18.0. The van der Waals surface area contributed by atoms with Gasteiger partial charge in [0, 0.05) is 12.1 Å². The van der Waals surface area contributed by atoms with Crippen molar-refractivity contribution < 1.29 is 42.3 Å². The highest BCUT2D eigenvalue weighted by Crippen LogP contribution is 2.35. The van der Waals surface area contributed by atoms with Crippen LogP contribution < -0.4 is 4.74 Å². The highest BCUT2D eigenvalue weighted by molar-refractivity contribution is 5.94. The Labute approximate surface area is 166 Å². The number of nitrogens with zero attached hydrogens (tertiary/aromatic N) is 2. The number of nitro benzene ring substituents is 1. The Balaban J connectivity index is 1.93. The molecule has 12 heteroatoms. The molecule has 2 atom stereocenters. The van der Waals surface area contributed by atoms with Crippen molar-refractivity contribution in [3.8, 4) is 5.75 Å². The summed E-state index contributed by atoms with van der Waals surface area (Å²) in [5.74, 6) is -3.65. The maximum absolute atomic E-state index is 13.7. The molecule has 3 rings (SSSR count). The number of non-ortho nitro benzene ring substituents is 1. The van der Waals surface area contributed by atoms with Crippen LogP contribution in [0.2, 0.25) is 0 Å². The molecule has 1 fully saturated rings. The number of carbonyl (C=O) groups is 3. The summed E-state index contributed by atoms with van der Waals surface area (Å²) in [4.78, 5) is 47.3. The number of hydrogen-bond acceptors (Lipinski definition) is 8. The van der Waals surface area contributed by atoms with Crippen LogP contribution in [-0.2, 0) is 14.3 Å². The Hall–Kier alpha value is -4.09. The average Bonchev–Trinajstić information content (AvgIpc) is 3.07. The zero-order valence-corrected chi connectivity index (χ0v) is 15.1. The molecule has 1 aliphatic rings. The van der Waals surface area contributed by atoms with E-state index in [1.807, 2.05) is 0 Å². The van der Waals surface area contributed by atoms with Gasteiger partial charge in [0.25, 0.3) is 5.69 Å². The van der Waals surface area contributed by atoms with Gasteiger partial charge in [-0.3, -0.25) is 10.1 Å². The van der Waals surface area contributed by atoms with E-state index in [9.17, 15) is 33.3 Å². The minimum absolute atomic E-state index is 0.129. The maximum Gasteiger partial charge on any atom is 0.425 e. The van der Waals surface area contributed by atoms with E-state index >= 15 is 0 Å². The first kappa shape index (κ1) is 20.6. The molecule has 2 aromatic rings. The molecule has 10 nitrogen and oxygen atoms in total. The molecule has 0 saturated carbocycles. The minimum Gasteiger partial charge on any atom is -0.466 e. The van der Waals surface area contributed by atoms with E-state index in [4.69, 9.17) is 9.47 Å². The van der Waals surface area contributed by atoms with Crippen LogP contribution >= 0.6 is 0 Å². The summed E-state index contributed by atoms with van der Waals surface area (Å²) in [5.41, 5.74) is -0.392. The number of hydrogen-bond donors (Lipinski definition) is 0. The van der Waals surface area contributed by atoms with E-state index in [0.29, 0.717) is 11.0 Å². The van der Waals surface area contributed by atoms with Crippen LogP contribution in [0.25, 0.3) is 0 Å². The molecular weight excluding hydrogens is 410 g/mol. The van der Waals surface area contributed by atoms with Crippen LogP contribution in [-0.4, -0.2) is 41.2 Å². The van der Waals surface area contributed by atoms with E-state index in [2.05, 4.69) is 4.74 Å². The third kappa shape index (κ3) is 3.87. The molecule has 0 bridgehead atoms. The number of esters is 1. The molecule has 0 radical (unpaired) electrons. The molecule has 0 aromatic heterocycles. The number of benzene rings is 2. The average molecular weight is 422 g/mol. The van der Waals surface area contributed by atoms with Crippen molar-refractivity contribution in [2.24, 2.45) is 0 Å². The number of imide groups is 1. The van der Waals surface area contributed by atoms with Gasteiger partial charge < -0.3 is 14.2 Å². The van der Waals surface area contributed by atoms with Gasteiger partial charge in [0.2, 0.25) is 6.10 Å². The molecule has 0 spiro atoms. The van der Waals surface area contributed by atoms with Crippen LogP contribution in [0.15, 0.2) is 42.5 Å². The molecular formula is C18H12F2N2O8. The van der Waals surface area contributed by atoms with Gasteiger partial charge in [0.1, 0.15) is 11.8 Å². The first-order chi connectivity index (χ1) is 14.2. The first-order valence-corrected chi connectivity index (χ1v) is 8.22. The highest BCUT2D eigenvalue weighted by Gasteiger charge is 2.51. The Bertz CT molecular complexity index is 1030. The maximum atomic E-state index is 13.7. The summed E-state index contributed by atoms with van der Waals surface area (Å²) in [6.45, 7) is 0. The Morgan fingerprint density at radius 2 is 1.80 bits per heavy atom. The summed E-state index contributed by atoms with van der Waals surface area (Å²) < 4.78 is 41.4. The third-order valence-electron chi connectivity index (χ3n) is 4.16. The number of cyclic esters (lactones) is 1. The fourth-order valence-electron chi connectivity index (χ4n) is 2.77. The molecule has 0 N–H and O–H groups in total. The van der Waals surface area contributed by atoms with Crippen LogP contribution in [0.5, 0.6) is 5.75 Å². The fraction of sp³-hybridized carbons (Fsp3) is 0.167. The molecule has 1 aliphatic heterocycles. The lowest BCUT2D eigenvalue weighted by Gasteiger charge is -2.22. The predicted molar refractivity (Wildman–Crippen MR) is 92.3 cm³/mol. The van der Waals surface area contributed by atoms with Gasteiger partial charge in [-0.05, 0) is 29.8 Å². The smallest absolute Gasteiger partial charge is 0.425 e. The second kappa shape index (κ2) is 8.11. The largest absolute Gasteiger partial charge is 0.466 e. The van der Waals surface area contributed by atoms with Crippen molar-refractivity contribution in [3.63, 3.8) is 0 Å². The highest BCUT2D eigenvalue weighted by atomic mass is 19.2. The minimum atomic E-state index is -1.66. The molecule has 0 unspecified atom stereocenters. The first-order valence-electron chi connectivity index (χ1n) is 8.22. The van der Waals surface area contributed by atoms with E-state index in [1.165, 1.54) is 0 Å². The fourth-order valence-corrected chi connectivity index (χ4v) is 2.77. The number of carbonyl (C=O) groups excluding carboxylic acids is 3. The zero-order valence-electron chi connectivity index (χ0n) is 15.1. The summed E-state index contributed by atoms with van der Waals surface area (Å²) in [5, 5.41) is 10.7. The van der Waals surface area contributed by atoms with Crippen molar-refractivity contribution in [1.82, 2.24) is 4.90 Å². The van der Waals surface area contributed by atoms with Crippen molar-refractivity contribution in [3.05, 3.63) is 69.8 Å². The topological polar surface area (TPSA) is 125 Å². The Kier molecular flexibility index (Phi) is 5.58. The van der Waals surface area contributed by atoms with E-state index in [0.717, 1.165) is 43.5 Å². The summed E-state index contributed by atoms with van der Waals surface area (Å²) in [7, 11) is 1.01. The zero-order chi connectivity index (χ0) is 22.0. The number of rotatable bonds is 4. The van der Waals surface area contributed by atoms with Crippen molar-refractivity contribution in [2.75, 3.05) is 7.11 Å². The van der Waals surface area contributed by atoms with Gasteiger partial charge in [-0.2, -0.15) is 4.90 Å². The molecule has 2 aromatic carbocycles. The molecule has 0 aliphatic carbocycles. The van der Waals surface area contributed by atoms with Crippen molar-refractivity contribution in [1.29, 1.82) is 0 Å². The van der Waals surface area contributed by atoms with Gasteiger partial charge in [-0.25, -0.2) is 23.2 Å². The SMILES string of the molecule is COC(=O)[C@H]1OC(=O)N(C(=O)Oc2ccc([N+](=O)[O-])cc2)[C@H]1c1ccc(F)c(F)c1. The summed E-state index contributed by atoms with van der Waals surface area (Å²) >= 11 is 0. The predicted octanol–water partition coefficient (Wildman–Crippen LogP) is 3.11. The number of halogens is 2. The van der Waals surface area contributed by atoms with Crippen molar-refractivity contribution in [2.45, 2.75) is 12.1 Å². The second-order valence-corrected chi connectivity index (χ2v) is 5.93. The van der Waals surface area contributed by atoms with E-state index in [-0.39, 0.29) is 17.0 Å². The second-order valence-electron chi connectivity index (χ2n) is 5.93. The molecule has 156 valence electrons. The van der Waals surface area contributed by atoms with Crippen molar-refractivity contribution >= 4 is 23.8 Å². The Morgan fingerprint density at radius 3 is 2.37 bits per heavy atom. The van der Waals surface area contributed by atoms with Crippen LogP contribution in [0.1, 0.15) is 11.6 Å². The lowest BCUT2D eigenvalue weighted by molar-refractivity contribution is -0.384. The summed E-state index contributed by atoms with van der Waals surface area (Å²) in [6.07, 6.45) is -4.25. The van der Waals surface area contributed by atoms with Gasteiger partial charge in [0.15, 0.2) is 11.6 Å². The summed E-state index contributed by atoms with van der Waals surface area (Å²) in [6, 6.07) is 5.36. The number of nitro groups is 1. The van der Waals surface area contributed by atoms with Gasteiger partial charge in [-0.1, -0.05) is 6.07 Å². The molecule has 1 heterocycles. The van der Waals surface area contributed by atoms with Gasteiger partial charge >= 0.3 is 18.2 Å². The standard InChI is InChI=1S/C18H12F2N2O8/c1-28-16(23)15-14(9-2-7-12(19)13(20)8-9)21(18(25)30-15)17(24)29-11-5-3-10(4-6-11)22(26)27/h2-8,14-15H,1H3/t14-,15-/m0/s1. The van der Waals surface area contributed by atoms with Crippen LogP contribution in [0, 0.1) is 21.7 Å². The lowest BCUT2D eigenvalue weighted by Crippen LogP contribution is -2.39. The molecule has 30 heavy (non-hydrogen) atoms. The van der Waals surface area contributed by atoms with E-state index < -0.39 is 46.9 Å². The van der Waals surface area contributed by atoms with Gasteiger partial charge in [0.05, 0.1) is 12.0 Å². The Morgan fingerprint density at radius 1 is 1.13 bits per heavy atom. The van der Waals surface area contributed by atoms with Crippen LogP contribution in [0.3, 0.4) is 0 Å². The van der Waals surface area contributed by atoms with Crippen LogP contribution in [0.4, 0.5) is 24.1 Å². The van der Waals surface area contributed by atoms with Gasteiger partial charge in [-0.15, -0.1) is 0 Å². The number of ether oxygens (including phenoxy) is 3. The number of methoxy groups -OCH3 is 1. The monoisotopic (exact) mass is 422 g/mol. The molecule has 1 saturated heterocycles. The lowest BCUT2D eigenvalue weighted by atomic mass is 10.0. The number of amides is 2. The quantitative estimate of drug-likeness (QED) is 0.418. The van der Waals surface area contributed by atoms with E-state index in [1.54, 1.807) is 0 Å². The third-order valence-corrected chi connectivity index (χ3v) is 4.16. The molecule has 2 amide bonds.